The van der Waals surface area contributed by atoms with Gasteiger partial charge in [0, 0.05) is 4.47 Å². The topological polar surface area (TPSA) is 107 Å². The number of amides is 1. The molecule has 2 rings (SSSR count). The van der Waals surface area contributed by atoms with E-state index in [-0.39, 0.29) is 0 Å². The van der Waals surface area contributed by atoms with Crippen LogP contribution in [-0.2, 0) is 10.1 Å². The van der Waals surface area contributed by atoms with Gasteiger partial charge in [-0.3, -0.25) is 9.35 Å². The fourth-order valence-electron chi connectivity index (χ4n) is 1.77. The standard InChI is InChI=1S/C9H7F3O4S.C8H8BrNO/c10-9(11,12)16-8-3-1-7(2-4-8)5-6-17(13,14)15;1-5-2-3-6(8(10)11)7(9)4-5/h1-6H,(H,13,14,15);2-4H,1H3,(H2,10,11). The largest absolute Gasteiger partial charge is 0.573 e. The first-order chi connectivity index (χ1) is 12.8. The summed E-state index contributed by atoms with van der Waals surface area (Å²) in [6.45, 7) is 1.95. The maximum Gasteiger partial charge on any atom is 0.573 e. The second kappa shape index (κ2) is 9.71. The molecule has 0 saturated carbocycles. The summed E-state index contributed by atoms with van der Waals surface area (Å²) in [7, 11) is -4.25. The van der Waals surface area contributed by atoms with Crippen molar-refractivity contribution in [2.75, 3.05) is 0 Å². The number of hydrogen-bond acceptors (Lipinski definition) is 4. The molecule has 2 aromatic carbocycles. The molecule has 152 valence electrons. The van der Waals surface area contributed by atoms with Crippen LogP contribution in [0.3, 0.4) is 0 Å². The summed E-state index contributed by atoms with van der Waals surface area (Å²) >= 11 is 3.25. The van der Waals surface area contributed by atoms with Gasteiger partial charge in [-0.05, 0) is 64.3 Å². The van der Waals surface area contributed by atoms with E-state index in [0.29, 0.717) is 16.5 Å². The number of benzene rings is 2. The molecule has 0 aromatic heterocycles. The van der Waals surface area contributed by atoms with Crippen LogP contribution in [0.15, 0.2) is 52.3 Å². The molecule has 2 aromatic rings. The van der Waals surface area contributed by atoms with E-state index in [0.717, 1.165) is 28.2 Å². The Balaban J connectivity index is 0.000000307. The number of rotatable bonds is 4. The molecule has 0 atom stereocenters. The first-order valence-electron chi connectivity index (χ1n) is 7.34. The van der Waals surface area contributed by atoms with Gasteiger partial charge in [0.05, 0.1) is 11.0 Å². The quantitative estimate of drug-likeness (QED) is 0.633. The number of aryl methyl sites for hydroxylation is 1. The highest BCUT2D eigenvalue weighted by atomic mass is 79.9. The third-order valence-electron chi connectivity index (χ3n) is 2.94. The van der Waals surface area contributed by atoms with Gasteiger partial charge < -0.3 is 10.5 Å². The molecule has 28 heavy (non-hydrogen) atoms. The molecule has 0 unspecified atom stereocenters. The second-order valence-corrected chi connectivity index (χ2v) is 7.44. The van der Waals surface area contributed by atoms with E-state index in [4.69, 9.17) is 10.3 Å². The molecular formula is C17H15BrF3NO5S. The molecule has 0 bridgehead atoms. The maximum atomic E-state index is 11.8. The molecule has 1 amide bonds. The highest BCUT2D eigenvalue weighted by Crippen LogP contribution is 2.23. The van der Waals surface area contributed by atoms with Crippen molar-refractivity contribution in [3.05, 3.63) is 69.0 Å². The van der Waals surface area contributed by atoms with Gasteiger partial charge in [-0.15, -0.1) is 13.2 Å². The molecule has 0 aliphatic heterocycles. The minimum Gasteiger partial charge on any atom is -0.406 e. The van der Waals surface area contributed by atoms with E-state index in [1.54, 1.807) is 6.07 Å². The van der Waals surface area contributed by atoms with Crippen molar-refractivity contribution in [3.63, 3.8) is 0 Å². The third kappa shape index (κ3) is 9.53. The van der Waals surface area contributed by atoms with Crippen LogP contribution >= 0.6 is 15.9 Å². The fourth-order valence-corrected chi connectivity index (χ4v) is 2.78. The average molecular weight is 482 g/mol. The molecule has 11 heteroatoms. The van der Waals surface area contributed by atoms with Gasteiger partial charge >= 0.3 is 6.36 Å². The van der Waals surface area contributed by atoms with Crippen LogP contribution in [0.2, 0.25) is 0 Å². The Kier molecular flexibility index (Phi) is 8.21. The van der Waals surface area contributed by atoms with Gasteiger partial charge in [0.1, 0.15) is 5.75 Å². The van der Waals surface area contributed by atoms with E-state index in [9.17, 15) is 26.4 Å². The number of carbonyl (C=O) groups excluding carboxylic acids is 1. The zero-order chi connectivity index (χ0) is 21.5. The zero-order valence-corrected chi connectivity index (χ0v) is 16.7. The average Bonchev–Trinajstić information content (AvgIpc) is 2.52. The van der Waals surface area contributed by atoms with E-state index in [1.165, 1.54) is 12.1 Å². The van der Waals surface area contributed by atoms with Crippen molar-refractivity contribution in [1.29, 1.82) is 0 Å². The SMILES string of the molecule is Cc1ccc(C(N)=O)c(Br)c1.O=S(=O)(O)C=Cc1ccc(OC(F)(F)F)cc1. The number of nitrogens with two attached hydrogens (primary N) is 1. The molecular weight excluding hydrogens is 467 g/mol. The van der Waals surface area contributed by atoms with E-state index in [2.05, 4.69) is 20.7 Å². The third-order valence-corrected chi connectivity index (χ3v) is 4.07. The Morgan fingerprint density at radius 1 is 1.18 bits per heavy atom. The van der Waals surface area contributed by atoms with Crippen molar-refractivity contribution in [3.8, 4) is 5.75 Å². The van der Waals surface area contributed by atoms with Gasteiger partial charge in [0.2, 0.25) is 5.91 Å². The normalized spacial score (nSPS) is 11.6. The summed E-state index contributed by atoms with van der Waals surface area (Å²) in [6, 6.07) is 9.90. The predicted molar refractivity (Wildman–Crippen MR) is 101 cm³/mol. The van der Waals surface area contributed by atoms with Gasteiger partial charge in [-0.25, -0.2) is 0 Å². The summed E-state index contributed by atoms with van der Waals surface area (Å²) < 4.78 is 68.9. The van der Waals surface area contributed by atoms with Gasteiger partial charge in [0.25, 0.3) is 10.1 Å². The van der Waals surface area contributed by atoms with Crippen LogP contribution in [0.4, 0.5) is 13.2 Å². The molecule has 0 radical (unpaired) electrons. The Hall–Kier alpha value is -2.37. The Morgan fingerprint density at radius 3 is 2.18 bits per heavy atom. The molecule has 3 N–H and O–H groups in total. The van der Waals surface area contributed by atoms with Crippen molar-refractivity contribution >= 4 is 38.0 Å². The van der Waals surface area contributed by atoms with Gasteiger partial charge in [0.15, 0.2) is 0 Å². The smallest absolute Gasteiger partial charge is 0.406 e. The number of primary amides is 1. The number of hydrogen-bond donors (Lipinski definition) is 2. The summed E-state index contributed by atoms with van der Waals surface area (Å²) in [5, 5.41) is 0.520. The summed E-state index contributed by atoms with van der Waals surface area (Å²) in [5.41, 5.74) is 7.02. The number of ether oxygens (including phenoxy) is 1. The van der Waals surface area contributed by atoms with Crippen LogP contribution in [0.5, 0.6) is 5.75 Å². The van der Waals surface area contributed by atoms with Crippen LogP contribution in [0, 0.1) is 6.92 Å². The first-order valence-corrected chi connectivity index (χ1v) is 9.64. The molecule has 0 spiro atoms. The lowest BCUT2D eigenvalue weighted by molar-refractivity contribution is -0.274. The monoisotopic (exact) mass is 481 g/mol. The second-order valence-electron chi connectivity index (χ2n) is 5.28. The lowest BCUT2D eigenvalue weighted by atomic mass is 10.1. The van der Waals surface area contributed by atoms with Gasteiger partial charge in [-0.2, -0.15) is 8.42 Å². The first kappa shape index (κ1) is 23.7. The summed E-state index contributed by atoms with van der Waals surface area (Å²) in [6.07, 6.45) is -3.74. The van der Waals surface area contributed by atoms with Crippen LogP contribution in [0.1, 0.15) is 21.5 Å². The van der Waals surface area contributed by atoms with Crippen LogP contribution < -0.4 is 10.5 Å². The summed E-state index contributed by atoms with van der Waals surface area (Å²) in [4.78, 5) is 10.7. The van der Waals surface area contributed by atoms with Crippen LogP contribution in [-0.4, -0.2) is 25.2 Å². The Morgan fingerprint density at radius 2 is 1.75 bits per heavy atom. The number of halogens is 4. The lowest BCUT2D eigenvalue weighted by Crippen LogP contribution is -2.16. The number of alkyl halides is 3. The van der Waals surface area contributed by atoms with Crippen molar-refractivity contribution in [2.24, 2.45) is 5.73 Å². The highest BCUT2D eigenvalue weighted by Gasteiger charge is 2.30. The van der Waals surface area contributed by atoms with E-state index >= 15 is 0 Å². The molecule has 0 heterocycles. The Bertz CT molecular complexity index is 958. The van der Waals surface area contributed by atoms with E-state index < -0.39 is 28.1 Å². The maximum absolute atomic E-state index is 11.8. The van der Waals surface area contributed by atoms with Crippen molar-refractivity contribution in [1.82, 2.24) is 0 Å². The van der Waals surface area contributed by atoms with Gasteiger partial charge in [-0.1, -0.05) is 18.2 Å². The molecule has 0 saturated heterocycles. The molecule has 6 nitrogen and oxygen atoms in total. The Labute approximate surface area is 167 Å². The molecule has 0 aliphatic rings. The minimum absolute atomic E-state index is 0.303. The summed E-state index contributed by atoms with van der Waals surface area (Å²) in [5.74, 6) is -0.821. The molecule has 0 aliphatic carbocycles. The fraction of sp³-hybridized carbons (Fsp3) is 0.118. The highest BCUT2D eigenvalue weighted by molar-refractivity contribution is 9.10. The molecule has 0 fully saturated rings. The minimum atomic E-state index is -4.77. The van der Waals surface area contributed by atoms with Crippen molar-refractivity contribution in [2.45, 2.75) is 13.3 Å². The lowest BCUT2D eigenvalue weighted by Gasteiger charge is -2.08. The number of carbonyl (C=O) groups is 1. The van der Waals surface area contributed by atoms with Crippen LogP contribution in [0.25, 0.3) is 6.08 Å². The van der Waals surface area contributed by atoms with Crippen molar-refractivity contribution < 1.29 is 35.7 Å². The zero-order valence-electron chi connectivity index (χ0n) is 14.3. The predicted octanol–water partition coefficient (Wildman–Crippen LogP) is 4.30. The van der Waals surface area contributed by atoms with E-state index in [1.807, 2.05) is 19.1 Å².